The number of hydrogen-bond acceptors (Lipinski definition) is 3. The molecule has 3 N–H and O–H groups in total. The van der Waals surface area contributed by atoms with Crippen molar-refractivity contribution in [2.45, 2.75) is 31.1 Å². The predicted molar refractivity (Wildman–Crippen MR) is 81.9 cm³/mol. The predicted octanol–water partition coefficient (Wildman–Crippen LogP) is 1.42. The Balaban J connectivity index is 2.03. The van der Waals surface area contributed by atoms with Crippen molar-refractivity contribution in [3.05, 3.63) is 35.4 Å². The monoisotopic (exact) mass is 294 g/mol. The Kier molecular flexibility index (Phi) is 5.31. The Morgan fingerprint density at radius 1 is 1.45 bits per heavy atom. The minimum absolute atomic E-state index is 0.0564. The molecular formula is C15H22N2O2S. The molecule has 1 aliphatic rings. The van der Waals surface area contributed by atoms with E-state index in [9.17, 15) is 9.00 Å². The highest BCUT2D eigenvalue weighted by Gasteiger charge is 2.27. The summed E-state index contributed by atoms with van der Waals surface area (Å²) in [7, 11) is -0.897. The molecule has 1 aliphatic carbocycles. The summed E-state index contributed by atoms with van der Waals surface area (Å²) in [5, 5.41) is 3.08. The summed E-state index contributed by atoms with van der Waals surface area (Å²) < 4.78 is 11.3. The van der Waals surface area contributed by atoms with Crippen LogP contribution in [0.25, 0.3) is 0 Å². The zero-order chi connectivity index (χ0) is 14.5. The van der Waals surface area contributed by atoms with E-state index in [1.54, 1.807) is 12.3 Å². The molecule has 1 saturated carbocycles. The van der Waals surface area contributed by atoms with E-state index >= 15 is 0 Å². The number of carbonyl (C=O) groups is 1. The standard InChI is InChI=1S/C15H22N2O2S/c1-20(19)10-11-4-2-5-12(8-11)15(18)17-14-7-3-6-13(14)9-16/h2,4-5,8,13-14H,3,6-7,9-10,16H2,1H3,(H,17,18). The van der Waals surface area contributed by atoms with Crippen LogP contribution in [0.3, 0.4) is 0 Å². The maximum absolute atomic E-state index is 12.3. The highest BCUT2D eigenvalue weighted by molar-refractivity contribution is 7.83. The smallest absolute Gasteiger partial charge is 0.251 e. The molecule has 0 aromatic heterocycles. The van der Waals surface area contributed by atoms with Crippen LogP contribution in [-0.2, 0) is 16.6 Å². The van der Waals surface area contributed by atoms with Crippen molar-refractivity contribution in [3.63, 3.8) is 0 Å². The van der Waals surface area contributed by atoms with E-state index in [1.165, 1.54) is 0 Å². The van der Waals surface area contributed by atoms with Crippen molar-refractivity contribution in [2.75, 3.05) is 12.8 Å². The van der Waals surface area contributed by atoms with Gasteiger partial charge in [0.05, 0.1) is 0 Å². The van der Waals surface area contributed by atoms with Gasteiger partial charge in [0, 0.05) is 34.4 Å². The summed E-state index contributed by atoms with van der Waals surface area (Å²) in [5.74, 6) is 0.819. The molecule has 5 heteroatoms. The average molecular weight is 294 g/mol. The SMILES string of the molecule is CS(=O)Cc1cccc(C(=O)NC2CCCC2CN)c1. The van der Waals surface area contributed by atoms with Crippen molar-refractivity contribution in [1.29, 1.82) is 0 Å². The minimum Gasteiger partial charge on any atom is -0.349 e. The summed E-state index contributed by atoms with van der Waals surface area (Å²) in [4.78, 5) is 12.3. The fraction of sp³-hybridized carbons (Fsp3) is 0.533. The van der Waals surface area contributed by atoms with Crippen LogP contribution >= 0.6 is 0 Å². The van der Waals surface area contributed by atoms with Gasteiger partial charge in [-0.15, -0.1) is 0 Å². The number of carbonyl (C=O) groups excluding carboxylic acids is 1. The van der Waals surface area contributed by atoms with Crippen molar-refractivity contribution in [3.8, 4) is 0 Å². The van der Waals surface area contributed by atoms with Gasteiger partial charge in [-0.3, -0.25) is 9.00 Å². The molecule has 0 radical (unpaired) electrons. The second-order valence-electron chi connectivity index (χ2n) is 5.42. The first kappa shape index (κ1) is 15.2. The van der Waals surface area contributed by atoms with Crippen molar-refractivity contribution >= 4 is 16.7 Å². The van der Waals surface area contributed by atoms with Gasteiger partial charge in [0.15, 0.2) is 0 Å². The van der Waals surface area contributed by atoms with Crippen LogP contribution in [0, 0.1) is 5.92 Å². The van der Waals surface area contributed by atoms with Crippen LogP contribution in [0.5, 0.6) is 0 Å². The Hall–Kier alpha value is -1.20. The van der Waals surface area contributed by atoms with E-state index in [-0.39, 0.29) is 11.9 Å². The largest absolute Gasteiger partial charge is 0.349 e. The summed E-state index contributed by atoms with van der Waals surface area (Å²) >= 11 is 0. The molecule has 1 aromatic rings. The van der Waals surface area contributed by atoms with Crippen LogP contribution in [0.2, 0.25) is 0 Å². The van der Waals surface area contributed by atoms with E-state index in [1.807, 2.05) is 18.2 Å². The molecule has 0 heterocycles. The van der Waals surface area contributed by atoms with E-state index in [2.05, 4.69) is 5.32 Å². The first-order valence-corrected chi connectivity index (χ1v) is 8.72. The van der Waals surface area contributed by atoms with Gasteiger partial charge >= 0.3 is 0 Å². The second kappa shape index (κ2) is 6.99. The Bertz CT molecular complexity index is 504. The van der Waals surface area contributed by atoms with Gasteiger partial charge in [0.1, 0.15) is 0 Å². The van der Waals surface area contributed by atoms with E-state index in [4.69, 9.17) is 5.73 Å². The van der Waals surface area contributed by atoms with Crippen molar-refractivity contribution in [2.24, 2.45) is 11.7 Å². The molecule has 3 atom stereocenters. The summed E-state index contributed by atoms with van der Waals surface area (Å²) in [6, 6.07) is 7.55. The molecule has 110 valence electrons. The minimum atomic E-state index is -0.897. The number of hydrogen-bond donors (Lipinski definition) is 2. The number of rotatable bonds is 5. The van der Waals surface area contributed by atoms with Crippen LogP contribution in [0.4, 0.5) is 0 Å². The van der Waals surface area contributed by atoms with Crippen LogP contribution in [0.15, 0.2) is 24.3 Å². The molecule has 1 aromatic carbocycles. The van der Waals surface area contributed by atoms with Gasteiger partial charge in [-0.25, -0.2) is 0 Å². The molecular weight excluding hydrogens is 272 g/mol. The lowest BCUT2D eigenvalue weighted by Crippen LogP contribution is -2.39. The van der Waals surface area contributed by atoms with Gasteiger partial charge < -0.3 is 11.1 Å². The molecule has 1 amide bonds. The summed E-state index contributed by atoms with van der Waals surface area (Å²) in [6.45, 7) is 0.625. The summed E-state index contributed by atoms with van der Waals surface area (Å²) in [5.41, 5.74) is 7.30. The Labute approximate surface area is 122 Å². The van der Waals surface area contributed by atoms with Crippen LogP contribution in [-0.4, -0.2) is 29.0 Å². The maximum Gasteiger partial charge on any atom is 0.251 e. The van der Waals surface area contributed by atoms with E-state index in [0.717, 1.165) is 24.8 Å². The number of nitrogens with one attached hydrogen (secondary N) is 1. The molecule has 3 unspecified atom stereocenters. The van der Waals surface area contributed by atoms with Crippen molar-refractivity contribution < 1.29 is 9.00 Å². The third kappa shape index (κ3) is 3.90. The highest BCUT2D eigenvalue weighted by Crippen LogP contribution is 2.24. The lowest BCUT2D eigenvalue weighted by atomic mass is 10.0. The molecule has 0 bridgehead atoms. The molecule has 0 spiro atoms. The maximum atomic E-state index is 12.3. The number of amides is 1. The molecule has 1 fully saturated rings. The van der Waals surface area contributed by atoms with E-state index in [0.29, 0.717) is 23.8 Å². The average Bonchev–Trinajstić information content (AvgIpc) is 2.85. The fourth-order valence-electron chi connectivity index (χ4n) is 2.80. The number of benzene rings is 1. The quantitative estimate of drug-likeness (QED) is 0.862. The third-order valence-corrected chi connectivity index (χ3v) is 4.58. The van der Waals surface area contributed by atoms with Gasteiger partial charge in [0.2, 0.25) is 0 Å². The van der Waals surface area contributed by atoms with Crippen molar-refractivity contribution in [1.82, 2.24) is 5.32 Å². The molecule has 4 nitrogen and oxygen atoms in total. The molecule has 0 saturated heterocycles. The Morgan fingerprint density at radius 2 is 2.25 bits per heavy atom. The highest BCUT2D eigenvalue weighted by atomic mass is 32.2. The molecule has 0 aliphatic heterocycles. The lowest BCUT2D eigenvalue weighted by Gasteiger charge is -2.19. The third-order valence-electron chi connectivity index (χ3n) is 3.84. The molecule has 2 rings (SSSR count). The Morgan fingerprint density at radius 3 is 2.95 bits per heavy atom. The van der Waals surface area contributed by atoms with Gasteiger partial charge in [-0.05, 0) is 43.0 Å². The lowest BCUT2D eigenvalue weighted by molar-refractivity contribution is 0.0928. The van der Waals surface area contributed by atoms with Crippen LogP contribution < -0.4 is 11.1 Å². The van der Waals surface area contributed by atoms with E-state index < -0.39 is 10.8 Å². The summed E-state index contributed by atoms with van der Waals surface area (Å²) in [6.07, 6.45) is 4.89. The van der Waals surface area contributed by atoms with Crippen LogP contribution in [0.1, 0.15) is 35.2 Å². The van der Waals surface area contributed by atoms with Gasteiger partial charge in [0.25, 0.3) is 5.91 Å². The number of nitrogens with two attached hydrogens (primary N) is 1. The molecule has 20 heavy (non-hydrogen) atoms. The van der Waals surface area contributed by atoms with Gasteiger partial charge in [-0.1, -0.05) is 18.6 Å². The van der Waals surface area contributed by atoms with Gasteiger partial charge in [-0.2, -0.15) is 0 Å². The zero-order valence-electron chi connectivity index (χ0n) is 11.8. The first-order valence-electron chi connectivity index (χ1n) is 7.00. The fourth-order valence-corrected chi connectivity index (χ4v) is 3.45. The normalized spacial score (nSPS) is 23.5. The second-order valence-corrected chi connectivity index (χ2v) is 6.86. The zero-order valence-corrected chi connectivity index (χ0v) is 12.6. The topological polar surface area (TPSA) is 72.2 Å². The first-order chi connectivity index (χ1) is 9.60.